The highest BCUT2D eigenvalue weighted by Gasteiger charge is 2.31. The number of piperazine rings is 1. The lowest BCUT2D eigenvalue weighted by molar-refractivity contribution is -0.121. The van der Waals surface area contributed by atoms with Crippen molar-refractivity contribution in [3.63, 3.8) is 0 Å². The van der Waals surface area contributed by atoms with E-state index in [4.69, 9.17) is 4.74 Å². The quantitative estimate of drug-likeness (QED) is 0.878. The number of nitrogens with one attached hydrogen (secondary N) is 1. The fraction of sp³-hybridized carbons (Fsp3) is 0.381. The van der Waals surface area contributed by atoms with E-state index in [2.05, 4.69) is 30.1 Å². The zero-order valence-electron chi connectivity index (χ0n) is 15.7. The molecule has 0 saturated carbocycles. The summed E-state index contributed by atoms with van der Waals surface area (Å²) in [7, 11) is 0. The van der Waals surface area contributed by atoms with Gasteiger partial charge in [0.05, 0.1) is 17.9 Å². The van der Waals surface area contributed by atoms with Crippen LogP contribution in [0.15, 0.2) is 48.5 Å². The van der Waals surface area contributed by atoms with Crippen molar-refractivity contribution in [1.29, 1.82) is 0 Å². The van der Waals surface area contributed by atoms with Crippen LogP contribution in [0.1, 0.15) is 19.4 Å². The number of halogens is 1. The highest BCUT2D eigenvalue weighted by atomic mass is 35.5. The molecule has 0 aromatic heterocycles. The smallest absolute Gasteiger partial charge is 0.265 e. The maximum atomic E-state index is 12.5. The second-order valence-corrected chi connectivity index (χ2v) is 7.25. The Bertz CT molecular complexity index is 789. The average molecular weight is 388 g/mol. The molecule has 2 aliphatic heterocycles. The van der Waals surface area contributed by atoms with Crippen LogP contribution in [0.4, 0.5) is 11.4 Å². The van der Waals surface area contributed by atoms with Gasteiger partial charge in [0.25, 0.3) is 5.91 Å². The summed E-state index contributed by atoms with van der Waals surface area (Å²) in [6.45, 7) is 6.91. The third kappa shape index (κ3) is 4.04. The van der Waals surface area contributed by atoms with Gasteiger partial charge in [-0.15, -0.1) is 12.4 Å². The first kappa shape index (κ1) is 19.5. The number of para-hydroxylation sites is 1. The van der Waals surface area contributed by atoms with Gasteiger partial charge in [0, 0.05) is 25.2 Å². The molecule has 27 heavy (non-hydrogen) atoms. The van der Waals surface area contributed by atoms with Crippen molar-refractivity contribution < 1.29 is 9.53 Å². The first-order valence-electron chi connectivity index (χ1n) is 9.23. The van der Waals surface area contributed by atoms with Crippen LogP contribution in [0.3, 0.4) is 0 Å². The molecule has 6 heteroatoms. The van der Waals surface area contributed by atoms with Gasteiger partial charge in [-0.3, -0.25) is 4.79 Å². The Labute approximate surface area is 166 Å². The normalized spacial score (nSPS) is 21.9. The molecule has 0 radical (unpaired) electrons. The maximum Gasteiger partial charge on any atom is 0.265 e. The summed E-state index contributed by atoms with van der Waals surface area (Å²) < 4.78 is 5.91. The van der Waals surface area contributed by atoms with Gasteiger partial charge in [0.1, 0.15) is 0 Å². The van der Waals surface area contributed by atoms with Crippen molar-refractivity contribution in [3.05, 3.63) is 54.1 Å². The molecule has 0 bridgehead atoms. The van der Waals surface area contributed by atoms with Gasteiger partial charge in [-0.1, -0.05) is 36.4 Å². The molecule has 2 unspecified atom stereocenters. The third-order valence-corrected chi connectivity index (χ3v) is 4.99. The fourth-order valence-electron chi connectivity index (χ4n) is 3.93. The van der Waals surface area contributed by atoms with Gasteiger partial charge in [-0.25, -0.2) is 0 Å². The molecule has 144 valence electrons. The van der Waals surface area contributed by atoms with E-state index in [0.29, 0.717) is 18.6 Å². The number of ether oxygens (including phenoxy) is 1. The van der Waals surface area contributed by atoms with E-state index in [1.54, 1.807) is 0 Å². The van der Waals surface area contributed by atoms with E-state index in [1.165, 1.54) is 0 Å². The molecule has 1 fully saturated rings. The average Bonchev–Trinajstić information content (AvgIpc) is 2.63. The molecule has 2 aromatic rings. The van der Waals surface area contributed by atoms with E-state index >= 15 is 0 Å². The Hall–Kier alpha value is -2.24. The minimum absolute atomic E-state index is 0. The molecule has 2 aromatic carbocycles. The number of benzene rings is 2. The first-order chi connectivity index (χ1) is 12.6. The Balaban J connectivity index is 0.00000210. The van der Waals surface area contributed by atoms with Gasteiger partial charge in [0.2, 0.25) is 0 Å². The highest BCUT2D eigenvalue weighted by Crippen LogP contribution is 2.41. The van der Waals surface area contributed by atoms with Gasteiger partial charge in [-0.05, 0) is 31.5 Å². The first-order valence-corrected chi connectivity index (χ1v) is 9.23. The topological polar surface area (TPSA) is 44.8 Å². The number of anilines is 2. The van der Waals surface area contributed by atoms with E-state index < -0.39 is 0 Å². The Kier molecular flexibility index (Phi) is 5.92. The maximum absolute atomic E-state index is 12.5. The van der Waals surface area contributed by atoms with E-state index in [-0.39, 0.29) is 24.9 Å². The van der Waals surface area contributed by atoms with Crippen LogP contribution in [0.25, 0.3) is 0 Å². The fourth-order valence-corrected chi connectivity index (χ4v) is 3.93. The van der Waals surface area contributed by atoms with Crippen molar-refractivity contribution in [3.8, 4) is 5.75 Å². The van der Waals surface area contributed by atoms with Crippen LogP contribution >= 0.6 is 12.4 Å². The molecule has 1 amide bonds. The predicted octanol–water partition coefficient (Wildman–Crippen LogP) is 3.22. The summed E-state index contributed by atoms with van der Waals surface area (Å²) in [5, 5.41) is 3.56. The molecular formula is C21H26ClN3O2. The second kappa shape index (κ2) is 8.19. The number of rotatable bonds is 3. The molecule has 2 atom stereocenters. The van der Waals surface area contributed by atoms with Gasteiger partial charge in [-0.2, -0.15) is 0 Å². The van der Waals surface area contributed by atoms with E-state index in [9.17, 15) is 4.79 Å². The van der Waals surface area contributed by atoms with Crippen LogP contribution in [-0.4, -0.2) is 37.7 Å². The minimum atomic E-state index is 0. The molecule has 1 N–H and O–H groups in total. The standard InChI is InChI=1S/C21H25N3O2.ClH/c1-15-11-23(12-16(2)22-15)18-9-6-10-19-21(18)26-14-20(25)24(19)13-17-7-4-3-5-8-17;/h3-10,15-16,22H,11-14H2,1-2H3;1H. The number of hydrogen-bond acceptors (Lipinski definition) is 4. The summed E-state index contributed by atoms with van der Waals surface area (Å²) >= 11 is 0. The van der Waals surface area contributed by atoms with Gasteiger partial charge in [0.15, 0.2) is 12.4 Å². The monoisotopic (exact) mass is 387 g/mol. The van der Waals surface area contributed by atoms with Crippen molar-refractivity contribution in [2.75, 3.05) is 29.5 Å². The summed E-state index contributed by atoms with van der Waals surface area (Å²) in [6, 6.07) is 17.0. The number of nitrogens with zero attached hydrogens (tertiary/aromatic N) is 2. The zero-order chi connectivity index (χ0) is 18.1. The van der Waals surface area contributed by atoms with Crippen LogP contribution in [0, 0.1) is 0 Å². The molecule has 4 rings (SSSR count). The summed E-state index contributed by atoms with van der Waals surface area (Å²) in [6.07, 6.45) is 0. The number of hydrogen-bond donors (Lipinski definition) is 1. The van der Waals surface area contributed by atoms with Crippen LogP contribution in [0.2, 0.25) is 0 Å². The van der Waals surface area contributed by atoms with Gasteiger partial charge >= 0.3 is 0 Å². The SMILES string of the molecule is CC1CN(c2cccc3c2OCC(=O)N3Cc2ccccc2)CC(C)N1.Cl. The molecule has 2 heterocycles. The van der Waals surface area contributed by atoms with E-state index in [1.807, 2.05) is 47.4 Å². The van der Waals surface area contributed by atoms with Crippen LogP contribution in [0.5, 0.6) is 5.75 Å². The lowest BCUT2D eigenvalue weighted by Gasteiger charge is -2.40. The Morgan fingerprint density at radius 2 is 1.67 bits per heavy atom. The van der Waals surface area contributed by atoms with Crippen LogP contribution in [-0.2, 0) is 11.3 Å². The molecular weight excluding hydrogens is 362 g/mol. The molecule has 0 aliphatic carbocycles. The zero-order valence-corrected chi connectivity index (χ0v) is 16.5. The third-order valence-electron chi connectivity index (χ3n) is 4.99. The second-order valence-electron chi connectivity index (χ2n) is 7.25. The van der Waals surface area contributed by atoms with Gasteiger partial charge < -0.3 is 19.9 Å². The van der Waals surface area contributed by atoms with Crippen molar-refractivity contribution in [1.82, 2.24) is 5.32 Å². The molecule has 1 saturated heterocycles. The minimum Gasteiger partial charge on any atom is -0.479 e. The largest absolute Gasteiger partial charge is 0.479 e. The molecule has 5 nitrogen and oxygen atoms in total. The summed E-state index contributed by atoms with van der Waals surface area (Å²) in [5.74, 6) is 0.824. The Morgan fingerprint density at radius 1 is 1.00 bits per heavy atom. The molecule has 0 spiro atoms. The predicted molar refractivity (Wildman–Crippen MR) is 111 cm³/mol. The number of carbonyl (C=O) groups is 1. The number of carbonyl (C=O) groups excluding carboxylic acids is 1. The lowest BCUT2D eigenvalue weighted by atomic mass is 10.1. The molecule has 2 aliphatic rings. The number of amides is 1. The highest BCUT2D eigenvalue weighted by molar-refractivity contribution is 5.99. The van der Waals surface area contributed by atoms with E-state index in [0.717, 1.165) is 35.8 Å². The van der Waals surface area contributed by atoms with Crippen molar-refractivity contribution >= 4 is 29.7 Å². The summed E-state index contributed by atoms with van der Waals surface area (Å²) in [5.41, 5.74) is 3.05. The summed E-state index contributed by atoms with van der Waals surface area (Å²) in [4.78, 5) is 16.7. The van der Waals surface area contributed by atoms with Crippen molar-refractivity contribution in [2.45, 2.75) is 32.5 Å². The number of fused-ring (bicyclic) bond motifs is 1. The Morgan fingerprint density at radius 3 is 2.37 bits per heavy atom. The lowest BCUT2D eigenvalue weighted by Crippen LogP contribution is -2.54. The van der Waals surface area contributed by atoms with Crippen LogP contribution < -0.4 is 19.9 Å². The van der Waals surface area contributed by atoms with Crippen molar-refractivity contribution in [2.24, 2.45) is 0 Å².